The van der Waals surface area contributed by atoms with Crippen LogP contribution in [0.2, 0.25) is 5.02 Å². The molecule has 7 nitrogen and oxygen atoms in total. The minimum atomic E-state index is -0.680. The van der Waals surface area contributed by atoms with Gasteiger partial charge in [-0.25, -0.2) is 9.18 Å². The number of benzene rings is 2. The average molecular weight is 379 g/mol. The van der Waals surface area contributed by atoms with E-state index < -0.39 is 16.8 Å². The largest absolute Gasteiger partial charge is 0.362 e. The fourth-order valence-electron chi connectivity index (χ4n) is 2.83. The summed E-state index contributed by atoms with van der Waals surface area (Å²) in [6.07, 6.45) is 0. The molecule has 0 radical (unpaired) electrons. The second-order valence-electron chi connectivity index (χ2n) is 5.75. The predicted octanol–water partition coefficient (Wildman–Crippen LogP) is 3.74. The molecule has 1 heterocycles. The highest BCUT2D eigenvalue weighted by Crippen LogP contribution is 2.28. The zero-order valence-corrected chi connectivity index (χ0v) is 14.4. The van der Waals surface area contributed by atoms with Gasteiger partial charge in [-0.1, -0.05) is 29.8 Å². The van der Waals surface area contributed by atoms with Crippen LogP contribution in [0.5, 0.6) is 0 Å². The molecule has 1 saturated heterocycles. The van der Waals surface area contributed by atoms with Gasteiger partial charge in [0.2, 0.25) is 0 Å². The number of nitrogens with one attached hydrogen (secondary N) is 1. The van der Waals surface area contributed by atoms with Crippen LogP contribution in [0.25, 0.3) is 0 Å². The number of amides is 2. The number of anilines is 2. The van der Waals surface area contributed by atoms with E-state index in [2.05, 4.69) is 5.32 Å². The standard InChI is InChI=1S/C17H16ClFN4O3/c18-12-4-3-5-13(16(12)19)20-17(24)22-10-8-21(9-11-22)14-6-1-2-7-15(14)23(25)26/h1-7H,8-11H2,(H,20,24). The summed E-state index contributed by atoms with van der Waals surface area (Å²) in [6.45, 7) is 1.60. The van der Waals surface area contributed by atoms with Crippen molar-refractivity contribution in [2.75, 3.05) is 36.4 Å². The van der Waals surface area contributed by atoms with Gasteiger partial charge >= 0.3 is 6.03 Å². The number of nitro groups is 1. The molecule has 0 atom stereocenters. The molecule has 0 aliphatic carbocycles. The molecule has 2 aromatic rings. The Balaban J connectivity index is 1.64. The van der Waals surface area contributed by atoms with Gasteiger partial charge < -0.3 is 15.1 Å². The number of nitrogens with zero attached hydrogens (tertiary/aromatic N) is 3. The Hall–Kier alpha value is -2.87. The van der Waals surface area contributed by atoms with Gasteiger partial charge in [-0.2, -0.15) is 0 Å². The van der Waals surface area contributed by atoms with E-state index in [0.29, 0.717) is 31.9 Å². The van der Waals surface area contributed by atoms with E-state index in [1.54, 1.807) is 24.3 Å². The molecule has 2 amide bonds. The number of hydrogen-bond acceptors (Lipinski definition) is 4. The molecule has 9 heteroatoms. The fraction of sp³-hybridized carbons (Fsp3) is 0.235. The summed E-state index contributed by atoms with van der Waals surface area (Å²) >= 11 is 5.71. The highest BCUT2D eigenvalue weighted by atomic mass is 35.5. The minimum Gasteiger partial charge on any atom is -0.362 e. The Labute approximate surface area is 154 Å². The SMILES string of the molecule is O=C(Nc1cccc(Cl)c1F)N1CCN(c2ccccc2[N+](=O)[O-])CC1. The lowest BCUT2D eigenvalue weighted by atomic mass is 10.2. The first-order valence-electron chi connectivity index (χ1n) is 7.95. The number of halogens is 2. The summed E-state index contributed by atoms with van der Waals surface area (Å²) in [5, 5.41) is 13.6. The second kappa shape index (κ2) is 7.57. The van der Waals surface area contributed by atoms with Crippen molar-refractivity contribution in [3.63, 3.8) is 0 Å². The Morgan fingerprint density at radius 3 is 2.50 bits per heavy atom. The van der Waals surface area contributed by atoms with Gasteiger partial charge in [-0.05, 0) is 18.2 Å². The van der Waals surface area contributed by atoms with Gasteiger partial charge in [-0.15, -0.1) is 0 Å². The van der Waals surface area contributed by atoms with E-state index >= 15 is 0 Å². The summed E-state index contributed by atoms with van der Waals surface area (Å²) in [6, 6.07) is 10.4. The molecule has 1 fully saturated rings. The lowest BCUT2D eigenvalue weighted by molar-refractivity contribution is -0.384. The molecule has 1 aliphatic heterocycles. The third-order valence-electron chi connectivity index (χ3n) is 4.18. The van der Waals surface area contributed by atoms with Gasteiger partial charge in [0.15, 0.2) is 5.82 Å². The van der Waals surface area contributed by atoms with E-state index in [4.69, 9.17) is 11.6 Å². The smallest absolute Gasteiger partial charge is 0.322 e. The number of hydrogen-bond donors (Lipinski definition) is 1. The molecular formula is C17H16ClFN4O3. The first-order valence-corrected chi connectivity index (χ1v) is 8.33. The van der Waals surface area contributed by atoms with Crippen molar-refractivity contribution in [1.29, 1.82) is 0 Å². The number of rotatable bonds is 3. The van der Waals surface area contributed by atoms with Crippen LogP contribution in [0.1, 0.15) is 0 Å². The van der Waals surface area contributed by atoms with Gasteiger partial charge in [0.05, 0.1) is 15.6 Å². The monoisotopic (exact) mass is 378 g/mol. The van der Waals surface area contributed by atoms with Crippen LogP contribution in [0, 0.1) is 15.9 Å². The number of carbonyl (C=O) groups is 1. The van der Waals surface area contributed by atoms with Crippen LogP contribution in [0.15, 0.2) is 42.5 Å². The Bertz CT molecular complexity index is 841. The molecule has 0 aromatic heterocycles. The molecular weight excluding hydrogens is 363 g/mol. The Kier molecular flexibility index (Phi) is 5.22. The molecule has 26 heavy (non-hydrogen) atoms. The summed E-state index contributed by atoms with van der Waals surface area (Å²) < 4.78 is 13.9. The predicted molar refractivity (Wildman–Crippen MR) is 97.3 cm³/mol. The number of piperazine rings is 1. The quantitative estimate of drug-likeness (QED) is 0.651. The first-order chi connectivity index (χ1) is 12.5. The van der Waals surface area contributed by atoms with Crippen molar-refractivity contribution < 1.29 is 14.1 Å². The van der Waals surface area contributed by atoms with Crippen LogP contribution in [0.3, 0.4) is 0 Å². The second-order valence-corrected chi connectivity index (χ2v) is 6.16. The van der Waals surface area contributed by atoms with Crippen molar-refractivity contribution in [3.8, 4) is 0 Å². The van der Waals surface area contributed by atoms with Gasteiger partial charge in [0.25, 0.3) is 5.69 Å². The van der Waals surface area contributed by atoms with Crippen LogP contribution in [-0.2, 0) is 0 Å². The van der Waals surface area contributed by atoms with E-state index in [0.717, 1.165) is 0 Å². The van der Waals surface area contributed by atoms with Crippen molar-refractivity contribution in [1.82, 2.24) is 4.90 Å². The average Bonchev–Trinajstić information content (AvgIpc) is 2.65. The van der Waals surface area contributed by atoms with E-state index in [1.165, 1.54) is 23.1 Å². The lowest BCUT2D eigenvalue weighted by Gasteiger charge is -2.35. The minimum absolute atomic E-state index is 0.0172. The van der Waals surface area contributed by atoms with Crippen LogP contribution in [-0.4, -0.2) is 42.0 Å². The Morgan fingerprint density at radius 1 is 1.12 bits per heavy atom. The molecule has 0 saturated carbocycles. The normalized spacial score (nSPS) is 14.2. The maximum atomic E-state index is 13.9. The van der Waals surface area contributed by atoms with E-state index in [9.17, 15) is 19.3 Å². The highest BCUT2D eigenvalue weighted by molar-refractivity contribution is 6.31. The number of urea groups is 1. The maximum Gasteiger partial charge on any atom is 0.322 e. The van der Waals surface area contributed by atoms with Crippen molar-refractivity contribution in [2.24, 2.45) is 0 Å². The topological polar surface area (TPSA) is 78.7 Å². The third-order valence-corrected chi connectivity index (χ3v) is 4.47. The zero-order valence-electron chi connectivity index (χ0n) is 13.7. The summed E-state index contributed by atoms with van der Waals surface area (Å²) in [7, 11) is 0. The van der Waals surface area contributed by atoms with Gasteiger partial charge in [0, 0.05) is 32.2 Å². The zero-order chi connectivity index (χ0) is 18.7. The van der Waals surface area contributed by atoms with E-state index in [-0.39, 0.29) is 16.4 Å². The molecule has 136 valence electrons. The first kappa shape index (κ1) is 17.9. The summed E-state index contributed by atoms with van der Waals surface area (Å²) in [5.41, 5.74) is 0.577. The number of para-hydroxylation sites is 2. The van der Waals surface area contributed by atoms with Crippen molar-refractivity contribution >= 4 is 34.7 Å². The van der Waals surface area contributed by atoms with Gasteiger partial charge in [-0.3, -0.25) is 10.1 Å². The Morgan fingerprint density at radius 2 is 1.81 bits per heavy atom. The maximum absolute atomic E-state index is 13.9. The number of carbonyl (C=O) groups excluding carboxylic acids is 1. The third kappa shape index (κ3) is 3.70. The van der Waals surface area contributed by atoms with Crippen LogP contribution < -0.4 is 10.2 Å². The van der Waals surface area contributed by atoms with E-state index in [1.807, 2.05) is 4.90 Å². The van der Waals surface area contributed by atoms with Crippen molar-refractivity contribution in [2.45, 2.75) is 0 Å². The summed E-state index contributed by atoms with van der Waals surface area (Å²) in [4.78, 5) is 26.5. The highest BCUT2D eigenvalue weighted by Gasteiger charge is 2.25. The molecule has 0 bridgehead atoms. The molecule has 1 N–H and O–H groups in total. The number of nitro benzene ring substituents is 1. The molecule has 0 unspecified atom stereocenters. The lowest BCUT2D eigenvalue weighted by Crippen LogP contribution is -2.50. The molecule has 3 rings (SSSR count). The fourth-order valence-corrected chi connectivity index (χ4v) is 3.01. The van der Waals surface area contributed by atoms with Crippen LogP contribution >= 0.6 is 11.6 Å². The molecule has 0 spiro atoms. The van der Waals surface area contributed by atoms with Gasteiger partial charge in [0.1, 0.15) is 5.69 Å². The van der Waals surface area contributed by atoms with Crippen molar-refractivity contribution in [3.05, 3.63) is 63.4 Å². The summed E-state index contributed by atoms with van der Waals surface area (Å²) in [5.74, 6) is -0.680. The van der Waals surface area contributed by atoms with Crippen LogP contribution in [0.4, 0.5) is 26.2 Å². The molecule has 1 aliphatic rings. The molecule has 2 aromatic carbocycles.